The number of piperidine rings is 2. The van der Waals surface area contributed by atoms with Gasteiger partial charge in [0.25, 0.3) is 0 Å². The van der Waals surface area contributed by atoms with Gasteiger partial charge in [0.15, 0.2) is 5.78 Å². The molecule has 4 fully saturated rings. The predicted molar refractivity (Wildman–Crippen MR) is 91.8 cm³/mol. The van der Waals surface area contributed by atoms with E-state index in [9.17, 15) is 9.18 Å². The topological polar surface area (TPSA) is 23.6 Å². The second-order valence-electron chi connectivity index (χ2n) is 8.66. The molecule has 4 heterocycles. The number of carbonyl (C=O) groups is 1. The molecule has 0 amide bonds. The zero-order valence-corrected chi connectivity index (χ0v) is 15.1. The lowest BCUT2D eigenvalue weighted by Gasteiger charge is -2.68. The van der Waals surface area contributed by atoms with E-state index >= 15 is 0 Å². The number of rotatable bonds is 3. The van der Waals surface area contributed by atoms with Gasteiger partial charge in [-0.15, -0.1) is 0 Å². The number of hydrogen-bond acceptors (Lipinski definition) is 3. The van der Waals surface area contributed by atoms with E-state index in [-0.39, 0.29) is 22.8 Å². The molecule has 0 unspecified atom stereocenters. The predicted octanol–water partition coefficient (Wildman–Crippen LogP) is 3.32. The fourth-order valence-corrected chi connectivity index (χ4v) is 5.35. The summed E-state index contributed by atoms with van der Waals surface area (Å²) in [4.78, 5) is 18.2. The maximum atomic E-state index is 14.5. The number of hydrogen-bond donors (Lipinski definition) is 0. The Labute approximate surface area is 143 Å². The normalized spacial score (nSPS) is 40.8. The summed E-state index contributed by atoms with van der Waals surface area (Å²) in [7, 11) is 0. The lowest BCUT2D eigenvalue weighted by molar-refractivity contribution is -0.218. The van der Waals surface area contributed by atoms with Crippen LogP contribution in [0.1, 0.15) is 39.4 Å². The van der Waals surface area contributed by atoms with Crippen LogP contribution in [0.15, 0.2) is 24.3 Å². The van der Waals surface area contributed by atoms with Crippen molar-refractivity contribution in [2.24, 2.45) is 22.7 Å². The summed E-state index contributed by atoms with van der Waals surface area (Å²) in [5.41, 5.74) is 0.145. The Bertz CT molecular complexity index is 638. The lowest BCUT2D eigenvalue weighted by Crippen LogP contribution is -2.78. The second kappa shape index (κ2) is 5.12. The van der Waals surface area contributed by atoms with E-state index in [0.29, 0.717) is 17.6 Å². The third kappa shape index (κ3) is 1.87. The molecule has 0 radical (unpaired) electrons. The Kier molecular flexibility index (Phi) is 3.46. The van der Waals surface area contributed by atoms with Crippen molar-refractivity contribution in [2.75, 3.05) is 26.2 Å². The average Bonchev–Trinajstić information content (AvgIpc) is 2.52. The first-order valence-corrected chi connectivity index (χ1v) is 9.09. The quantitative estimate of drug-likeness (QED) is 0.849. The smallest absolute Gasteiger partial charge is 0.150 e. The molecule has 5 rings (SSSR count). The van der Waals surface area contributed by atoms with Crippen molar-refractivity contribution >= 4 is 5.78 Å². The summed E-state index contributed by atoms with van der Waals surface area (Å²) in [5, 5.41) is 0. The van der Waals surface area contributed by atoms with E-state index in [1.165, 1.54) is 0 Å². The van der Waals surface area contributed by atoms with Crippen LogP contribution in [0.5, 0.6) is 0 Å². The molecule has 24 heavy (non-hydrogen) atoms. The van der Waals surface area contributed by atoms with Gasteiger partial charge in [-0.3, -0.25) is 14.6 Å². The fraction of sp³-hybridized carbons (Fsp3) is 0.650. The van der Waals surface area contributed by atoms with Gasteiger partial charge in [0.1, 0.15) is 5.82 Å². The molecule has 0 aromatic heterocycles. The minimum atomic E-state index is -0.303. The summed E-state index contributed by atoms with van der Waals surface area (Å²) >= 11 is 0. The first kappa shape index (κ1) is 16.2. The summed E-state index contributed by atoms with van der Waals surface area (Å²) in [6.07, 6.45) is -0.0296. The van der Waals surface area contributed by atoms with Crippen LogP contribution in [0.3, 0.4) is 0 Å². The zero-order valence-electron chi connectivity index (χ0n) is 15.1. The van der Waals surface area contributed by atoms with Crippen LogP contribution >= 0.6 is 0 Å². The Morgan fingerprint density at radius 1 is 0.958 bits per heavy atom. The molecular weight excluding hydrogens is 303 g/mol. The number of nitrogens with zero attached hydrogens (tertiary/aromatic N) is 2. The minimum absolute atomic E-state index is 0.0296. The van der Waals surface area contributed by atoms with Gasteiger partial charge in [-0.25, -0.2) is 4.39 Å². The van der Waals surface area contributed by atoms with E-state index < -0.39 is 0 Å². The van der Waals surface area contributed by atoms with Crippen LogP contribution < -0.4 is 0 Å². The van der Waals surface area contributed by atoms with Crippen LogP contribution in [0.4, 0.5) is 4.39 Å². The summed E-state index contributed by atoms with van der Waals surface area (Å²) in [6, 6.07) is 7.10. The molecule has 4 aliphatic heterocycles. The highest BCUT2D eigenvalue weighted by Crippen LogP contribution is 2.57. The Balaban J connectivity index is 1.81. The SMILES string of the molecule is CC(C)C12CN3CC(C(C)C)(CN(C1)C3c1ccccc1F)C2=O. The zero-order chi connectivity index (χ0) is 17.3. The van der Waals surface area contributed by atoms with Gasteiger partial charge < -0.3 is 0 Å². The molecule has 0 spiro atoms. The van der Waals surface area contributed by atoms with Gasteiger partial charge in [-0.1, -0.05) is 45.9 Å². The Morgan fingerprint density at radius 2 is 1.42 bits per heavy atom. The number of ketones is 1. The molecule has 0 atom stereocenters. The molecule has 4 saturated heterocycles. The molecule has 0 N–H and O–H groups in total. The highest BCUT2D eigenvalue weighted by Gasteiger charge is 2.67. The van der Waals surface area contributed by atoms with Crippen LogP contribution in [0.25, 0.3) is 0 Å². The monoisotopic (exact) mass is 330 g/mol. The molecule has 130 valence electrons. The first-order chi connectivity index (χ1) is 11.3. The number of Topliss-reactive ketones (excluding diaryl/α,β-unsaturated/α-hetero) is 1. The molecule has 0 saturated carbocycles. The highest BCUT2D eigenvalue weighted by molar-refractivity contribution is 5.94. The third-order valence-corrected chi connectivity index (χ3v) is 6.93. The van der Waals surface area contributed by atoms with Crippen LogP contribution in [0, 0.1) is 28.5 Å². The van der Waals surface area contributed by atoms with Crippen molar-refractivity contribution in [3.63, 3.8) is 0 Å². The Morgan fingerprint density at radius 3 is 1.83 bits per heavy atom. The van der Waals surface area contributed by atoms with E-state index in [0.717, 1.165) is 31.7 Å². The van der Waals surface area contributed by atoms with Crippen LogP contribution in [-0.4, -0.2) is 41.8 Å². The van der Waals surface area contributed by atoms with Gasteiger partial charge in [0.05, 0.1) is 17.0 Å². The van der Waals surface area contributed by atoms with Crippen LogP contribution in [0.2, 0.25) is 0 Å². The van der Waals surface area contributed by atoms with Gasteiger partial charge in [-0.05, 0) is 17.9 Å². The van der Waals surface area contributed by atoms with Gasteiger partial charge in [0.2, 0.25) is 0 Å². The summed E-state index contributed by atoms with van der Waals surface area (Å²) < 4.78 is 14.5. The van der Waals surface area contributed by atoms with Gasteiger partial charge in [-0.2, -0.15) is 0 Å². The molecule has 3 nitrogen and oxygen atoms in total. The fourth-order valence-electron chi connectivity index (χ4n) is 5.35. The standard InChI is InChI=1S/C20H27FN2O/c1-13(2)19-9-22-11-20(14(3)4,18(19)24)12-23(10-19)17(22)15-7-5-6-8-16(15)21/h5-8,13-14,17H,9-12H2,1-4H3. The largest absolute Gasteiger partial charge is 0.298 e. The molecule has 4 heteroatoms. The lowest BCUT2D eigenvalue weighted by atomic mass is 9.53. The second-order valence-corrected chi connectivity index (χ2v) is 8.66. The van der Waals surface area contributed by atoms with Gasteiger partial charge >= 0.3 is 0 Å². The molecular formula is C20H27FN2O. The molecule has 1 aromatic rings. The van der Waals surface area contributed by atoms with E-state index in [4.69, 9.17) is 0 Å². The summed E-state index contributed by atoms with van der Waals surface area (Å²) in [5.74, 6) is 0.920. The van der Waals surface area contributed by atoms with Crippen molar-refractivity contribution in [3.05, 3.63) is 35.6 Å². The van der Waals surface area contributed by atoms with Crippen molar-refractivity contribution in [1.82, 2.24) is 9.80 Å². The molecule has 4 bridgehead atoms. The third-order valence-electron chi connectivity index (χ3n) is 6.93. The maximum Gasteiger partial charge on any atom is 0.150 e. The van der Waals surface area contributed by atoms with Crippen LogP contribution in [-0.2, 0) is 4.79 Å². The number of benzene rings is 1. The minimum Gasteiger partial charge on any atom is -0.298 e. The van der Waals surface area contributed by atoms with E-state index in [1.54, 1.807) is 12.1 Å². The van der Waals surface area contributed by atoms with E-state index in [1.807, 2.05) is 12.1 Å². The van der Waals surface area contributed by atoms with Crippen molar-refractivity contribution in [1.29, 1.82) is 0 Å². The maximum absolute atomic E-state index is 14.5. The first-order valence-electron chi connectivity index (χ1n) is 9.09. The van der Waals surface area contributed by atoms with Gasteiger partial charge in [0, 0.05) is 31.7 Å². The molecule has 1 aromatic carbocycles. The van der Waals surface area contributed by atoms with E-state index in [2.05, 4.69) is 37.5 Å². The van der Waals surface area contributed by atoms with Crippen molar-refractivity contribution in [2.45, 2.75) is 33.9 Å². The Hall–Kier alpha value is -1.26. The summed E-state index contributed by atoms with van der Waals surface area (Å²) in [6.45, 7) is 11.7. The number of halogens is 1. The number of carbonyl (C=O) groups excluding carboxylic acids is 1. The van der Waals surface area contributed by atoms with Crippen molar-refractivity contribution < 1.29 is 9.18 Å². The molecule has 4 aliphatic rings. The highest BCUT2D eigenvalue weighted by atomic mass is 19.1. The molecule has 0 aliphatic carbocycles. The average molecular weight is 330 g/mol. The van der Waals surface area contributed by atoms with Crippen molar-refractivity contribution in [3.8, 4) is 0 Å².